The van der Waals surface area contributed by atoms with Gasteiger partial charge in [0.1, 0.15) is 5.75 Å². The Morgan fingerprint density at radius 1 is 0.870 bits per heavy atom. The molecule has 3 nitrogen and oxygen atoms in total. The number of nitrogens with zero attached hydrogens (tertiary/aromatic N) is 1. The van der Waals surface area contributed by atoms with Crippen molar-refractivity contribution in [3.8, 4) is 11.5 Å². The number of halogens is 1. The molecular weight excluding hydrogens is 291 g/mol. The van der Waals surface area contributed by atoms with Crippen LogP contribution in [0.5, 0.6) is 11.5 Å². The van der Waals surface area contributed by atoms with Crippen LogP contribution >= 0.6 is 0 Å². The van der Waals surface area contributed by atoms with Crippen LogP contribution in [0.3, 0.4) is 0 Å². The van der Waals surface area contributed by atoms with Crippen LogP contribution in [0.4, 0.5) is 10.1 Å². The summed E-state index contributed by atoms with van der Waals surface area (Å²) in [5, 5.41) is 4.14. The summed E-state index contributed by atoms with van der Waals surface area (Å²) in [7, 11) is 0. The molecule has 0 bridgehead atoms. The van der Waals surface area contributed by atoms with Crippen LogP contribution in [-0.4, -0.2) is 6.21 Å². The monoisotopic (exact) mass is 306 g/mol. The van der Waals surface area contributed by atoms with Gasteiger partial charge in [0.25, 0.3) is 0 Å². The highest BCUT2D eigenvalue weighted by Crippen LogP contribution is 2.24. The maximum absolute atomic E-state index is 13.9. The van der Waals surface area contributed by atoms with Gasteiger partial charge in [0.15, 0.2) is 11.6 Å². The highest BCUT2D eigenvalue weighted by atomic mass is 19.1. The second kappa shape index (κ2) is 7.22. The van der Waals surface area contributed by atoms with E-state index in [0.29, 0.717) is 5.75 Å². The van der Waals surface area contributed by atoms with Crippen LogP contribution in [0.1, 0.15) is 5.56 Å². The number of anilines is 1. The zero-order valence-corrected chi connectivity index (χ0v) is 12.3. The van der Waals surface area contributed by atoms with Gasteiger partial charge in [-0.3, -0.25) is 5.43 Å². The topological polar surface area (TPSA) is 33.6 Å². The van der Waals surface area contributed by atoms with Gasteiger partial charge in [0.2, 0.25) is 0 Å². The average molecular weight is 306 g/mol. The molecule has 3 aromatic rings. The number of para-hydroxylation sites is 2. The Balaban J connectivity index is 1.72. The normalized spacial score (nSPS) is 10.7. The van der Waals surface area contributed by atoms with E-state index in [1.165, 1.54) is 6.07 Å². The molecule has 3 aromatic carbocycles. The molecule has 0 heterocycles. The molecule has 0 atom stereocenters. The summed E-state index contributed by atoms with van der Waals surface area (Å²) in [4.78, 5) is 0. The van der Waals surface area contributed by atoms with Gasteiger partial charge in [-0.2, -0.15) is 5.10 Å². The quantitative estimate of drug-likeness (QED) is 0.528. The molecule has 0 spiro atoms. The third-order valence-electron chi connectivity index (χ3n) is 3.11. The van der Waals surface area contributed by atoms with Crippen LogP contribution in [0.2, 0.25) is 0 Å². The van der Waals surface area contributed by atoms with E-state index in [1.54, 1.807) is 30.5 Å². The fraction of sp³-hybridized carbons (Fsp3) is 0. The fourth-order valence-electron chi connectivity index (χ4n) is 1.99. The number of hydrogen-bond donors (Lipinski definition) is 1. The van der Waals surface area contributed by atoms with Crippen molar-refractivity contribution in [3.05, 3.63) is 90.2 Å². The van der Waals surface area contributed by atoms with Gasteiger partial charge in [-0.15, -0.1) is 0 Å². The van der Waals surface area contributed by atoms with Crippen molar-refractivity contribution in [1.29, 1.82) is 0 Å². The van der Waals surface area contributed by atoms with E-state index in [0.717, 1.165) is 11.3 Å². The summed E-state index contributed by atoms with van der Waals surface area (Å²) in [6.45, 7) is 0. The van der Waals surface area contributed by atoms with Gasteiger partial charge >= 0.3 is 0 Å². The Labute approximate surface area is 134 Å². The highest BCUT2D eigenvalue weighted by Gasteiger charge is 2.05. The smallest absolute Gasteiger partial charge is 0.165 e. The lowest BCUT2D eigenvalue weighted by atomic mass is 10.2. The van der Waals surface area contributed by atoms with Crippen molar-refractivity contribution in [2.24, 2.45) is 5.10 Å². The summed E-state index contributed by atoms with van der Waals surface area (Å²) in [5.41, 5.74) is 4.53. The third-order valence-corrected chi connectivity index (χ3v) is 3.11. The van der Waals surface area contributed by atoms with E-state index in [4.69, 9.17) is 4.74 Å². The zero-order valence-electron chi connectivity index (χ0n) is 12.3. The first-order valence-corrected chi connectivity index (χ1v) is 7.18. The van der Waals surface area contributed by atoms with Gasteiger partial charge in [-0.1, -0.05) is 42.5 Å². The first-order valence-electron chi connectivity index (χ1n) is 7.18. The molecule has 0 aromatic heterocycles. The lowest BCUT2D eigenvalue weighted by Gasteiger charge is -2.07. The van der Waals surface area contributed by atoms with Crippen LogP contribution < -0.4 is 10.2 Å². The molecular formula is C19H15FN2O. The standard InChI is InChI=1S/C19H15FN2O/c20-18-12-11-15(14-21-22-16-7-3-1-4-8-16)13-19(18)23-17-9-5-2-6-10-17/h1-14,22H. The minimum Gasteiger partial charge on any atom is -0.454 e. The minimum absolute atomic E-state index is 0.167. The summed E-state index contributed by atoms with van der Waals surface area (Å²) in [5.74, 6) is 0.338. The second-order valence-electron chi connectivity index (χ2n) is 4.84. The maximum Gasteiger partial charge on any atom is 0.165 e. The Kier molecular flexibility index (Phi) is 4.64. The summed E-state index contributed by atoms with van der Waals surface area (Å²) in [6.07, 6.45) is 1.62. The Bertz CT molecular complexity index is 789. The molecule has 4 heteroatoms. The summed E-state index contributed by atoms with van der Waals surface area (Å²) in [6, 6.07) is 23.3. The minimum atomic E-state index is -0.415. The van der Waals surface area contributed by atoms with Crippen molar-refractivity contribution < 1.29 is 9.13 Å². The molecule has 0 radical (unpaired) electrons. The van der Waals surface area contributed by atoms with E-state index < -0.39 is 5.82 Å². The molecule has 23 heavy (non-hydrogen) atoms. The van der Waals surface area contributed by atoms with Crippen molar-refractivity contribution >= 4 is 11.9 Å². The molecule has 0 aliphatic heterocycles. The number of benzene rings is 3. The largest absolute Gasteiger partial charge is 0.454 e. The van der Waals surface area contributed by atoms with E-state index in [2.05, 4.69) is 10.5 Å². The number of hydrogen-bond acceptors (Lipinski definition) is 3. The average Bonchev–Trinajstić information content (AvgIpc) is 2.60. The Morgan fingerprint density at radius 2 is 1.57 bits per heavy atom. The van der Waals surface area contributed by atoms with Crippen LogP contribution in [0.25, 0.3) is 0 Å². The van der Waals surface area contributed by atoms with Crippen molar-refractivity contribution in [2.45, 2.75) is 0 Å². The molecule has 0 unspecified atom stereocenters. The number of nitrogens with one attached hydrogen (secondary N) is 1. The molecule has 0 amide bonds. The van der Waals surface area contributed by atoms with Gasteiger partial charge in [0, 0.05) is 0 Å². The van der Waals surface area contributed by atoms with Crippen molar-refractivity contribution in [2.75, 3.05) is 5.43 Å². The Morgan fingerprint density at radius 3 is 2.30 bits per heavy atom. The number of hydrazone groups is 1. The Hall–Kier alpha value is -3.14. The lowest BCUT2D eigenvalue weighted by molar-refractivity contribution is 0.442. The van der Waals surface area contributed by atoms with Crippen LogP contribution in [0, 0.1) is 5.82 Å². The molecule has 1 N–H and O–H groups in total. The van der Waals surface area contributed by atoms with E-state index in [1.807, 2.05) is 48.5 Å². The predicted octanol–water partition coefficient (Wildman–Crippen LogP) is 5.06. The zero-order chi connectivity index (χ0) is 15.9. The first-order chi connectivity index (χ1) is 11.3. The molecule has 3 rings (SSSR count). The van der Waals surface area contributed by atoms with Gasteiger partial charge in [-0.25, -0.2) is 4.39 Å². The molecule has 0 saturated heterocycles. The SMILES string of the molecule is Fc1ccc(C=NNc2ccccc2)cc1Oc1ccccc1. The molecule has 0 saturated carbocycles. The van der Waals surface area contributed by atoms with Gasteiger partial charge < -0.3 is 4.74 Å². The predicted molar refractivity (Wildman–Crippen MR) is 90.6 cm³/mol. The lowest BCUT2D eigenvalue weighted by Crippen LogP contribution is -1.93. The highest BCUT2D eigenvalue weighted by molar-refractivity contribution is 5.80. The van der Waals surface area contributed by atoms with E-state index in [-0.39, 0.29) is 5.75 Å². The third kappa shape index (κ3) is 4.17. The second-order valence-corrected chi connectivity index (χ2v) is 4.84. The molecule has 0 fully saturated rings. The van der Waals surface area contributed by atoms with Gasteiger partial charge in [-0.05, 0) is 42.0 Å². The first kappa shape index (κ1) is 14.8. The van der Waals surface area contributed by atoms with Crippen LogP contribution in [-0.2, 0) is 0 Å². The molecule has 0 aliphatic carbocycles. The maximum atomic E-state index is 13.9. The van der Waals surface area contributed by atoms with Crippen LogP contribution in [0.15, 0.2) is 84.0 Å². The van der Waals surface area contributed by atoms with Crippen molar-refractivity contribution in [1.82, 2.24) is 0 Å². The fourth-order valence-corrected chi connectivity index (χ4v) is 1.99. The van der Waals surface area contributed by atoms with Crippen molar-refractivity contribution in [3.63, 3.8) is 0 Å². The summed E-state index contributed by atoms with van der Waals surface area (Å²) >= 11 is 0. The molecule has 0 aliphatic rings. The van der Waals surface area contributed by atoms with Gasteiger partial charge in [0.05, 0.1) is 11.9 Å². The molecule has 114 valence electrons. The summed E-state index contributed by atoms with van der Waals surface area (Å²) < 4.78 is 19.4. The van der Waals surface area contributed by atoms with E-state index in [9.17, 15) is 4.39 Å². The number of rotatable bonds is 5. The van der Waals surface area contributed by atoms with E-state index >= 15 is 0 Å². The number of ether oxygens (including phenoxy) is 1.